The molecule has 2 aromatic rings. The van der Waals surface area contributed by atoms with Gasteiger partial charge in [0.05, 0.1) is 17.6 Å². The molecule has 1 aromatic carbocycles. The fourth-order valence-corrected chi connectivity index (χ4v) is 2.46. The van der Waals surface area contributed by atoms with Crippen molar-refractivity contribution in [3.63, 3.8) is 0 Å². The molecule has 0 aliphatic rings. The Hall–Kier alpha value is -1.64. The number of para-hydroxylation sites is 1. The molecule has 1 heterocycles. The molecule has 1 aromatic heterocycles. The topological polar surface area (TPSA) is 75.6 Å². The molecule has 0 saturated carbocycles. The van der Waals surface area contributed by atoms with Gasteiger partial charge in [-0.2, -0.15) is 5.26 Å². The highest BCUT2D eigenvalue weighted by Crippen LogP contribution is 2.24. The summed E-state index contributed by atoms with van der Waals surface area (Å²) in [7, 11) is 0. The normalized spacial score (nSPS) is 12.2. The van der Waals surface area contributed by atoms with E-state index in [0.29, 0.717) is 6.42 Å². The highest BCUT2D eigenvalue weighted by molar-refractivity contribution is 7.99. The molecule has 17 heavy (non-hydrogen) atoms. The van der Waals surface area contributed by atoms with Crippen LogP contribution in [0.3, 0.4) is 0 Å². The van der Waals surface area contributed by atoms with E-state index < -0.39 is 6.04 Å². The summed E-state index contributed by atoms with van der Waals surface area (Å²) in [6, 6.07) is 9.51. The van der Waals surface area contributed by atoms with E-state index in [1.165, 1.54) is 0 Å². The Morgan fingerprint density at radius 1 is 1.35 bits per heavy atom. The van der Waals surface area contributed by atoms with Crippen LogP contribution in [0.2, 0.25) is 0 Å². The zero-order chi connectivity index (χ0) is 12.1. The number of nitriles is 1. The minimum absolute atomic E-state index is 0.393. The first kappa shape index (κ1) is 11.8. The lowest BCUT2D eigenvalue weighted by atomic mass is 10.2. The smallest absolute Gasteiger partial charge is 0.117 e. The monoisotopic (exact) mass is 244 g/mol. The van der Waals surface area contributed by atoms with Gasteiger partial charge in [-0.3, -0.25) is 0 Å². The van der Waals surface area contributed by atoms with Crippen LogP contribution in [0.5, 0.6) is 0 Å². The van der Waals surface area contributed by atoms with E-state index in [1.54, 1.807) is 18.1 Å². The third-order valence-electron chi connectivity index (χ3n) is 2.34. The molecule has 1 unspecified atom stereocenters. The molecule has 2 rings (SSSR count). The molecule has 0 radical (unpaired) electrons. The molecule has 2 N–H and O–H groups in total. The molecule has 0 spiro atoms. The van der Waals surface area contributed by atoms with Crippen molar-refractivity contribution in [1.29, 1.82) is 5.26 Å². The average Bonchev–Trinajstić information content (AvgIpc) is 2.39. The maximum Gasteiger partial charge on any atom is 0.117 e. The van der Waals surface area contributed by atoms with Crippen molar-refractivity contribution in [1.82, 2.24) is 9.97 Å². The van der Waals surface area contributed by atoms with Gasteiger partial charge >= 0.3 is 0 Å². The summed E-state index contributed by atoms with van der Waals surface area (Å²) in [6.07, 6.45) is 2.23. The molecule has 0 fully saturated rings. The Balaban J connectivity index is 2.11. The lowest BCUT2D eigenvalue weighted by Gasteiger charge is -2.05. The zero-order valence-corrected chi connectivity index (χ0v) is 10.0. The van der Waals surface area contributed by atoms with Crippen LogP contribution >= 0.6 is 11.8 Å². The molecule has 0 bridgehead atoms. The van der Waals surface area contributed by atoms with Gasteiger partial charge in [-0.05, 0) is 12.5 Å². The fourth-order valence-electron chi connectivity index (χ4n) is 1.44. The van der Waals surface area contributed by atoms with Crippen molar-refractivity contribution < 1.29 is 0 Å². The molecule has 5 heteroatoms. The molecule has 0 saturated heterocycles. The van der Waals surface area contributed by atoms with Crippen LogP contribution in [-0.4, -0.2) is 21.8 Å². The summed E-state index contributed by atoms with van der Waals surface area (Å²) in [4.78, 5) is 8.46. The van der Waals surface area contributed by atoms with Crippen LogP contribution in [0.1, 0.15) is 6.42 Å². The predicted octanol–water partition coefficient (Wildman–Crippen LogP) is 1.96. The van der Waals surface area contributed by atoms with Crippen LogP contribution in [0, 0.1) is 11.3 Å². The highest BCUT2D eigenvalue weighted by atomic mass is 32.2. The zero-order valence-electron chi connectivity index (χ0n) is 9.21. The van der Waals surface area contributed by atoms with Crippen molar-refractivity contribution in [2.75, 3.05) is 5.75 Å². The molecular weight excluding hydrogens is 232 g/mol. The Labute approximate surface area is 104 Å². The minimum atomic E-state index is -0.393. The molecular formula is C12H12N4S. The number of hydrogen-bond acceptors (Lipinski definition) is 5. The Morgan fingerprint density at radius 3 is 3.00 bits per heavy atom. The number of rotatable bonds is 4. The van der Waals surface area contributed by atoms with Gasteiger partial charge in [0.25, 0.3) is 0 Å². The van der Waals surface area contributed by atoms with Gasteiger partial charge < -0.3 is 5.73 Å². The second kappa shape index (κ2) is 5.62. The van der Waals surface area contributed by atoms with Gasteiger partial charge in [0.1, 0.15) is 11.4 Å². The van der Waals surface area contributed by atoms with E-state index in [1.807, 2.05) is 30.3 Å². The third kappa shape index (κ3) is 2.93. The number of benzene rings is 1. The lowest BCUT2D eigenvalue weighted by Crippen LogP contribution is -2.17. The molecule has 1 atom stereocenters. The van der Waals surface area contributed by atoms with Crippen LogP contribution < -0.4 is 5.73 Å². The largest absolute Gasteiger partial charge is 0.316 e. The van der Waals surface area contributed by atoms with Gasteiger partial charge in [0.2, 0.25) is 0 Å². The summed E-state index contributed by atoms with van der Waals surface area (Å²) >= 11 is 1.61. The van der Waals surface area contributed by atoms with Gasteiger partial charge in [-0.1, -0.05) is 18.2 Å². The van der Waals surface area contributed by atoms with E-state index in [2.05, 4.69) is 9.97 Å². The summed E-state index contributed by atoms with van der Waals surface area (Å²) in [6.45, 7) is 0. The van der Waals surface area contributed by atoms with E-state index in [9.17, 15) is 0 Å². The molecule has 0 aliphatic carbocycles. The highest BCUT2D eigenvalue weighted by Gasteiger charge is 2.05. The van der Waals surface area contributed by atoms with Crippen molar-refractivity contribution in [3.8, 4) is 6.07 Å². The molecule has 0 amide bonds. The fraction of sp³-hybridized carbons (Fsp3) is 0.250. The minimum Gasteiger partial charge on any atom is -0.316 e. The first-order valence-corrected chi connectivity index (χ1v) is 6.27. The van der Waals surface area contributed by atoms with Crippen LogP contribution in [0.4, 0.5) is 0 Å². The summed E-state index contributed by atoms with van der Waals surface area (Å²) in [5.74, 6) is 0.787. The molecule has 4 nitrogen and oxygen atoms in total. The number of nitrogens with two attached hydrogens (primary N) is 1. The van der Waals surface area contributed by atoms with Crippen molar-refractivity contribution in [3.05, 3.63) is 30.6 Å². The average molecular weight is 244 g/mol. The van der Waals surface area contributed by atoms with E-state index in [0.717, 1.165) is 21.7 Å². The second-order valence-corrected chi connectivity index (χ2v) is 4.65. The number of aromatic nitrogens is 2. The summed E-state index contributed by atoms with van der Waals surface area (Å²) in [5, 5.41) is 10.6. The quantitative estimate of drug-likeness (QED) is 0.657. The first-order chi connectivity index (χ1) is 8.31. The summed E-state index contributed by atoms with van der Waals surface area (Å²) in [5.41, 5.74) is 6.48. The Kier molecular flexibility index (Phi) is 3.91. The third-order valence-corrected chi connectivity index (χ3v) is 3.38. The number of hydrogen-bond donors (Lipinski definition) is 1. The van der Waals surface area contributed by atoms with Crippen LogP contribution in [0.15, 0.2) is 35.6 Å². The van der Waals surface area contributed by atoms with Gasteiger partial charge in [-0.15, -0.1) is 11.8 Å². The van der Waals surface area contributed by atoms with E-state index in [4.69, 9.17) is 11.0 Å². The van der Waals surface area contributed by atoms with Crippen molar-refractivity contribution in [2.24, 2.45) is 5.73 Å². The Morgan fingerprint density at radius 2 is 2.18 bits per heavy atom. The second-order valence-electron chi connectivity index (χ2n) is 3.57. The van der Waals surface area contributed by atoms with Crippen LogP contribution in [0.25, 0.3) is 10.9 Å². The van der Waals surface area contributed by atoms with Gasteiger partial charge in [-0.25, -0.2) is 9.97 Å². The predicted molar refractivity (Wildman–Crippen MR) is 68.5 cm³/mol. The first-order valence-electron chi connectivity index (χ1n) is 5.29. The number of fused-ring (bicyclic) bond motifs is 1. The standard InChI is InChI=1S/C12H12N4S/c13-7-9(14)5-6-17-12-10-3-1-2-4-11(10)15-8-16-12/h1-4,8-9H,5-6,14H2. The van der Waals surface area contributed by atoms with E-state index in [-0.39, 0.29) is 0 Å². The van der Waals surface area contributed by atoms with Crippen molar-refractivity contribution >= 4 is 22.7 Å². The SMILES string of the molecule is N#CC(N)CCSc1ncnc2ccccc12. The maximum absolute atomic E-state index is 8.59. The van der Waals surface area contributed by atoms with Crippen molar-refractivity contribution in [2.45, 2.75) is 17.5 Å². The lowest BCUT2D eigenvalue weighted by molar-refractivity contribution is 0.802. The number of nitrogens with zero attached hydrogens (tertiary/aromatic N) is 3. The number of thioether (sulfide) groups is 1. The Bertz CT molecular complexity index is 544. The molecule has 86 valence electrons. The maximum atomic E-state index is 8.59. The van der Waals surface area contributed by atoms with Gasteiger partial charge in [0.15, 0.2) is 0 Å². The van der Waals surface area contributed by atoms with Gasteiger partial charge in [0, 0.05) is 11.1 Å². The van der Waals surface area contributed by atoms with Crippen LogP contribution in [-0.2, 0) is 0 Å². The summed E-state index contributed by atoms with van der Waals surface area (Å²) < 4.78 is 0. The van der Waals surface area contributed by atoms with E-state index >= 15 is 0 Å². The molecule has 0 aliphatic heterocycles.